The lowest BCUT2D eigenvalue weighted by Gasteiger charge is -2.42. The first-order valence-electron chi connectivity index (χ1n) is 50.6. The number of Topliss-reactive ketones (excluding diaryl/α,β-unsaturated/α-hetero) is 8. The molecule has 8 heterocycles. The zero-order chi connectivity index (χ0) is 108. The number of ketones is 8. The minimum Gasteiger partial charge on any atom is -0.390 e. The van der Waals surface area contributed by atoms with E-state index in [2.05, 4.69) is 59.6 Å². The van der Waals surface area contributed by atoms with Crippen molar-refractivity contribution in [3.8, 4) is 0 Å². The molecule has 8 rings (SSSR count). The molecule has 0 aliphatic carbocycles. The van der Waals surface area contributed by atoms with E-state index in [1.165, 1.54) is 0 Å². The van der Waals surface area contributed by atoms with E-state index in [0.717, 1.165) is 12.8 Å². The van der Waals surface area contributed by atoms with Crippen LogP contribution in [0.15, 0.2) is 0 Å². The van der Waals surface area contributed by atoms with Crippen molar-refractivity contribution < 1.29 is 163 Å². The van der Waals surface area contributed by atoms with Gasteiger partial charge in [-0.05, 0) is 38.0 Å². The lowest BCUT2D eigenvalue weighted by atomic mass is 9.80. The molecule has 139 heavy (non-hydrogen) atoms. The van der Waals surface area contributed by atoms with Crippen LogP contribution >= 0.6 is 0 Å². The third-order valence-corrected chi connectivity index (χ3v) is 24.9. The Morgan fingerprint density at radius 3 is 0.734 bits per heavy atom. The van der Waals surface area contributed by atoms with E-state index in [1.807, 2.05) is 118 Å². The molecule has 0 aromatic carbocycles. The normalized spacial score (nSPS) is 34.4. The zero-order valence-electron chi connectivity index (χ0n) is 89.4. The lowest BCUT2D eigenvalue weighted by molar-refractivity contribution is -0.222. The van der Waals surface area contributed by atoms with Crippen LogP contribution in [-0.4, -0.2) is 397 Å². The van der Waals surface area contributed by atoms with E-state index >= 15 is 0 Å². The molecular formula is C100H190N6O33. The van der Waals surface area contributed by atoms with E-state index in [4.69, 9.17) is 37.9 Å². The predicted molar refractivity (Wildman–Crippen MR) is 521 cm³/mol. The molecule has 23 N–H and O–H groups in total. The second-order valence-corrected chi connectivity index (χ2v) is 43.4. The van der Waals surface area contributed by atoms with Gasteiger partial charge in [0.15, 0.2) is 47.3 Å². The summed E-state index contributed by atoms with van der Waals surface area (Å²) in [5, 5.41) is 185. The summed E-state index contributed by atoms with van der Waals surface area (Å²) in [5.74, 6) is -1.51. The lowest BCUT2D eigenvalue weighted by Crippen LogP contribution is -2.60. The van der Waals surface area contributed by atoms with Gasteiger partial charge in [0.1, 0.15) is 134 Å². The molecule has 0 spiro atoms. The zero-order valence-corrected chi connectivity index (χ0v) is 89.4. The number of ether oxygens (including phenoxy) is 8. The number of aliphatic hydroxyl groups excluding tert-OH is 17. The molecule has 0 radical (unpaired) electrons. The van der Waals surface area contributed by atoms with E-state index < -0.39 is 196 Å². The van der Waals surface area contributed by atoms with Gasteiger partial charge in [0.25, 0.3) is 0 Å². The van der Waals surface area contributed by atoms with Gasteiger partial charge in [-0.15, -0.1) is 0 Å². The van der Waals surface area contributed by atoms with Gasteiger partial charge in [0, 0.05) is 129 Å². The summed E-state index contributed by atoms with van der Waals surface area (Å²) < 4.78 is 43.4. The molecule has 0 aromatic rings. The summed E-state index contributed by atoms with van der Waals surface area (Å²) in [5.41, 5.74) is 0. The first-order valence-corrected chi connectivity index (χ1v) is 50.6. The molecule has 16 unspecified atom stereocenters. The fourth-order valence-electron chi connectivity index (χ4n) is 16.0. The maximum absolute atomic E-state index is 12.0. The first-order chi connectivity index (χ1) is 64.0. The van der Waals surface area contributed by atoms with Crippen LogP contribution in [0.4, 0.5) is 0 Å². The fourth-order valence-corrected chi connectivity index (χ4v) is 16.0. The SMILES string of the molecule is CC(C)CC1C(C)O[C@H](C(=O)C(C)C)C(O)[C@@H]1O.CC(C)CC[C@@H]1O[C@H](C(=O)C(C)C)C(O)[C@H](O)C1O.CC(C)NC[C@H]1OC(C(=O)C(C)C)C(O)C1O.CC(C)NC[C@H]1OC(CC(=O)C(C)C)C(O)C1O.CC(C)NC[C@H]1O[C@@H](C(=O)C(C)C)C(O)C1O.CC(C)NC[C@H]1O[C@@H](CC(=O)C(C)C)C(O)C1O.CC(C)N[C@@H]1C(C(=O)C(C)C)O[C@H](O)[C@@H]1O.CC(C)N[C@H]1[C@@H](O)[C@@H](O)O[C@H]1C(=O)C(C)C. The molecule has 8 aliphatic heterocycles. The number of rotatable bonds is 39. The highest BCUT2D eigenvalue weighted by Gasteiger charge is 2.54. The summed E-state index contributed by atoms with van der Waals surface area (Å²) in [6, 6.07) is 0.246. The fraction of sp³-hybridized carbons (Fsp3) is 0.920. The molecule has 0 bridgehead atoms. The van der Waals surface area contributed by atoms with Crippen molar-refractivity contribution in [3.05, 3.63) is 0 Å². The van der Waals surface area contributed by atoms with Crippen LogP contribution < -0.4 is 31.9 Å². The highest BCUT2D eigenvalue weighted by atomic mass is 16.6. The first kappa shape index (κ1) is 133. The van der Waals surface area contributed by atoms with Crippen LogP contribution in [-0.2, 0) is 76.3 Å². The third-order valence-electron chi connectivity index (χ3n) is 24.9. The minimum absolute atomic E-state index is 0.0451. The summed E-state index contributed by atoms with van der Waals surface area (Å²) in [7, 11) is 0. The molecule has 8 saturated heterocycles. The van der Waals surface area contributed by atoms with Crippen molar-refractivity contribution in [2.24, 2.45) is 65.1 Å². The Labute approximate surface area is 827 Å². The summed E-state index contributed by atoms with van der Waals surface area (Å²) in [4.78, 5) is 94.4. The van der Waals surface area contributed by atoms with Gasteiger partial charge in [-0.3, -0.25) is 38.4 Å². The topological polar surface area (TPSA) is 626 Å². The Kier molecular flexibility index (Phi) is 61.0. The molecule has 8 aliphatic rings. The minimum atomic E-state index is -1.36. The highest BCUT2D eigenvalue weighted by Crippen LogP contribution is 2.35. The number of hydrogen-bond acceptors (Lipinski definition) is 39. The number of aliphatic hydroxyl groups is 17. The number of carbonyl (C=O) groups excluding carboxylic acids is 8. The smallest absolute Gasteiger partial charge is 0.183 e. The second-order valence-electron chi connectivity index (χ2n) is 43.4. The molecule has 39 nitrogen and oxygen atoms in total. The van der Waals surface area contributed by atoms with E-state index in [1.54, 1.807) is 83.1 Å². The Morgan fingerprint density at radius 2 is 0.475 bits per heavy atom. The van der Waals surface area contributed by atoms with Crippen LogP contribution in [0.1, 0.15) is 261 Å². The Bertz CT molecular complexity index is 3360. The van der Waals surface area contributed by atoms with Crippen molar-refractivity contribution in [1.29, 1.82) is 0 Å². The van der Waals surface area contributed by atoms with Crippen molar-refractivity contribution in [2.75, 3.05) is 26.2 Å². The molecule has 818 valence electrons. The number of nitrogens with one attached hydrogen (secondary N) is 6. The molecule has 39 heteroatoms. The van der Waals surface area contributed by atoms with E-state index in [9.17, 15) is 125 Å². The van der Waals surface area contributed by atoms with Gasteiger partial charge in [-0.1, -0.05) is 222 Å². The molecule has 0 saturated carbocycles. The summed E-state index contributed by atoms with van der Waals surface area (Å²) >= 11 is 0. The van der Waals surface area contributed by atoms with Crippen molar-refractivity contribution in [2.45, 2.75) is 499 Å². The van der Waals surface area contributed by atoms with Crippen LogP contribution in [0.5, 0.6) is 0 Å². The van der Waals surface area contributed by atoms with Crippen LogP contribution in [0.3, 0.4) is 0 Å². The van der Waals surface area contributed by atoms with Crippen molar-refractivity contribution >= 4 is 46.3 Å². The number of carbonyl (C=O) groups is 8. The molecule has 34 atom stereocenters. The van der Waals surface area contributed by atoms with Gasteiger partial charge in [-0.25, -0.2) is 0 Å². The third kappa shape index (κ3) is 43.1. The summed E-state index contributed by atoms with van der Waals surface area (Å²) in [6.45, 7) is 63.8. The van der Waals surface area contributed by atoms with E-state index in [0.29, 0.717) is 44.4 Å². The maximum atomic E-state index is 12.0. The van der Waals surface area contributed by atoms with Crippen LogP contribution in [0.25, 0.3) is 0 Å². The van der Waals surface area contributed by atoms with Crippen molar-refractivity contribution in [1.82, 2.24) is 31.9 Å². The van der Waals surface area contributed by atoms with Crippen LogP contribution in [0.2, 0.25) is 0 Å². The second kappa shape index (κ2) is 63.7. The van der Waals surface area contributed by atoms with Crippen molar-refractivity contribution in [3.63, 3.8) is 0 Å². The van der Waals surface area contributed by atoms with Gasteiger partial charge in [0.05, 0.1) is 67.0 Å². The summed E-state index contributed by atoms with van der Waals surface area (Å²) in [6.07, 6.45) is -25.3. The molecule has 0 amide bonds. The molecular weight excluding hydrogens is 1810 g/mol. The predicted octanol–water partition coefficient (Wildman–Crippen LogP) is 0.768. The van der Waals surface area contributed by atoms with Gasteiger partial charge >= 0.3 is 0 Å². The highest BCUT2D eigenvalue weighted by molar-refractivity contribution is 5.88. The monoisotopic (exact) mass is 2000 g/mol. The largest absolute Gasteiger partial charge is 0.390 e. The standard InChI is InChI=1S/C14H26O5.C14H26O4.2C13H25NO4.2C12H23NO4.2C11H21NO4/c1-7(2)5-6-9-11(16)12(17)13(18)14(19-9)10(15)8(3)4;1-7(2)6-10-9(5)18-14(11(15)8(3)4)13(17)12(10)16;2*1-7(2)9(15)5-10-12(16)13(17)11(18-10)6-14-8(3)4;2*1-6(2)9(14)12-11(16)10(15)8(17-12)5-13-7(3)4;2*1-5(2)8(13)10-7(12-6(3)4)9(14)11(15)16-10/h7-9,11-14,16-18H,5-6H2,1-4H3;7-10,12-14,16-17H,6H2,1-5H3;2*7-8,10-14,16-17H,5-6H2,1-4H3;2*6-8,10-13,15-16H,5H2,1-4H3;2*5-7,9-12,14-15H,1-4H3/t9-,11?,12+,13?,14+;9?,10?,12-,13?,14-;10?,11-,12?,13?;10-,11+,12?,13?;8-,10?,11?,12?;8-,10?,11?,12+;7-,9+,10?,11-;7-,9+,10+,11-/m01101100/s1. The average Bonchev–Trinajstić information content (AvgIpc) is 1.77. The Morgan fingerprint density at radius 1 is 0.237 bits per heavy atom. The quantitative estimate of drug-likeness (QED) is 0.0404. The average molecular weight is 2000 g/mol. The Hall–Kier alpha value is -3.88. The van der Waals surface area contributed by atoms with Gasteiger partial charge < -0.3 is 157 Å². The molecule has 0 aromatic heterocycles. The van der Waals surface area contributed by atoms with Gasteiger partial charge in [-0.2, -0.15) is 0 Å². The van der Waals surface area contributed by atoms with Gasteiger partial charge in [0.2, 0.25) is 0 Å². The van der Waals surface area contributed by atoms with Crippen LogP contribution in [0, 0.1) is 65.1 Å². The molecule has 8 fully saturated rings. The Balaban J connectivity index is 0.000000795. The maximum Gasteiger partial charge on any atom is 0.183 e. The number of hydrogen-bond donors (Lipinski definition) is 23. The van der Waals surface area contributed by atoms with E-state index in [-0.39, 0.29) is 155 Å².